The van der Waals surface area contributed by atoms with E-state index in [0.29, 0.717) is 26.3 Å². The van der Waals surface area contributed by atoms with Crippen molar-refractivity contribution in [1.82, 2.24) is 4.57 Å². The van der Waals surface area contributed by atoms with Crippen LogP contribution >= 0.6 is 27.3 Å². The van der Waals surface area contributed by atoms with E-state index in [2.05, 4.69) is 26.2 Å². The number of hydrogen-bond donors (Lipinski definition) is 1. The lowest BCUT2D eigenvalue weighted by atomic mass is 9.95. The van der Waals surface area contributed by atoms with Gasteiger partial charge in [0.25, 0.3) is 11.5 Å². The average molecular weight is 560 g/mol. The number of nitrogens with zero attached hydrogens (tertiary/aromatic N) is 2. The van der Waals surface area contributed by atoms with Crippen molar-refractivity contribution in [2.75, 3.05) is 12.4 Å². The molecule has 2 heterocycles. The predicted molar refractivity (Wildman–Crippen MR) is 146 cm³/mol. The highest BCUT2D eigenvalue weighted by atomic mass is 79.9. The van der Waals surface area contributed by atoms with Gasteiger partial charge in [-0.15, -0.1) is 0 Å². The van der Waals surface area contributed by atoms with Crippen molar-refractivity contribution in [3.05, 3.63) is 125 Å². The minimum absolute atomic E-state index is 0.194. The SMILES string of the molecule is COc1ccc(/C=c2/sc3n(c2=O)[C@H](c2ccc(Br)cc2)C(C(=O)Nc2ccccc2)=C(C)N=3)cc1. The number of para-hydroxylation sites is 1. The smallest absolute Gasteiger partial charge is 0.271 e. The standard InChI is InChI=1S/C28H22BrN3O3S/c1-17-24(26(33)31-21-6-4-3-5-7-21)25(19-10-12-20(29)13-11-19)32-27(34)23(36-28(32)30-17)16-18-8-14-22(35-2)15-9-18/h3-16,25H,1-2H3,(H,31,33)/b23-16+/t25-/m1/s1. The lowest BCUT2D eigenvalue weighted by Gasteiger charge is -2.25. The molecule has 1 aromatic heterocycles. The number of thiazole rings is 1. The summed E-state index contributed by atoms with van der Waals surface area (Å²) in [7, 11) is 1.61. The number of allylic oxidation sites excluding steroid dienone is 1. The van der Waals surface area contributed by atoms with E-state index in [4.69, 9.17) is 4.74 Å². The van der Waals surface area contributed by atoms with E-state index in [0.717, 1.165) is 21.3 Å². The van der Waals surface area contributed by atoms with Crippen molar-refractivity contribution >= 4 is 44.9 Å². The molecule has 0 fully saturated rings. The molecule has 1 amide bonds. The first-order valence-electron chi connectivity index (χ1n) is 11.2. The van der Waals surface area contributed by atoms with E-state index in [-0.39, 0.29) is 11.5 Å². The van der Waals surface area contributed by atoms with Crippen LogP contribution in [0, 0.1) is 0 Å². The second kappa shape index (κ2) is 10.1. The quantitative estimate of drug-likeness (QED) is 0.387. The summed E-state index contributed by atoms with van der Waals surface area (Å²) in [6.45, 7) is 1.81. The first-order valence-corrected chi connectivity index (χ1v) is 12.8. The number of ether oxygens (including phenoxy) is 1. The van der Waals surface area contributed by atoms with Crippen molar-refractivity contribution in [2.45, 2.75) is 13.0 Å². The normalized spacial score (nSPS) is 15.3. The van der Waals surface area contributed by atoms with Crippen molar-refractivity contribution in [3.63, 3.8) is 0 Å². The second-order valence-corrected chi connectivity index (χ2v) is 10.2. The molecule has 3 aromatic carbocycles. The van der Waals surface area contributed by atoms with E-state index >= 15 is 0 Å². The summed E-state index contributed by atoms with van der Waals surface area (Å²) in [6.07, 6.45) is 1.84. The molecule has 0 unspecified atom stereocenters. The van der Waals surface area contributed by atoms with Gasteiger partial charge < -0.3 is 10.1 Å². The number of rotatable bonds is 5. The van der Waals surface area contributed by atoms with Crippen LogP contribution in [0.15, 0.2) is 104 Å². The van der Waals surface area contributed by atoms with Crippen LogP contribution in [0.4, 0.5) is 5.69 Å². The molecular weight excluding hydrogens is 538 g/mol. The highest BCUT2D eigenvalue weighted by Crippen LogP contribution is 2.31. The molecule has 5 rings (SSSR count). The number of carbonyl (C=O) groups is 1. The highest BCUT2D eigenvalue weighted by Gasteiger charge is 2.32. The Morgan fingerprint density at radius 3 is 2.42 bits per heavy atom. The van der Waals surface area contributed by atoms with E-state index in [9.17, 15) is 9.59 Å². The molecule has 0 radical (unpaired) electrons. The number of fused-ring (bicyclic) bond motifs is 1. The van der Waals surface area contributed by atoms with Gasteiger partial charge in [-0.05, 0) is 60.5 Å². The minimum Gasteiger partial charge on any atom is -0.497 e. The monoisotopic (exact) mass is 559 g/mol. The Bertz CT molecular complexity index is 1640. The summed E-state index contributed by atoms with van der Waals surface area (Å²) in [4.78, 5) is 32.5. The molecule has 0 spiro atoms. The van der Waals surface area contributed by atoms with Crippen molar-refractivity contribution in [3.8, 4) is 5.75 Å². The lowest BCUT2D eigenvalue weighted by molar-refractivity contribution is -0.113. The maximum atomic E-state index is 13.7. The molecule has 0 saturated carbocycles. The van der Waals surface area contributed by atoms with Crippen molar-refractivity contribution in [1.29, 1.82) is 0 Å². The summed E-state index contributed by atoms with van der Waals surface area (Å²) in [5.74, 6) is 0.452. The average Bonchev–Trinajstić information content (AvgIpc) is 3.19. The number of hydrogen-bond acceptors (Lipinski definition) is 5. The van der Waals surface area contributed by atoms with Crippen molar-refractivity contribution < 1.29 is 9.53 Å². The molecule has 1 N–H and O–H groups in total. The summed E-state index contributed by atoms with van der Waals surface area (Å²) in [6, 6.07) is 23.8. The van der Waals surface area contributed by atoms with E-state index in [1.807, 2.05) is 91.9 Å². The second-order valence-electron chi connectivity index (χ2n) is 8.23. The summed E-state index contributed by atoms with van der Waals surface area (Å²) in [5.41, 5.74) is 3.19. The number of benzene rings is 3. The van der Waals surface area contributed by atoms with Gasteiger partial charge >= 0.3 is 0 Å². The molecule has 36 heavy (non-hydrogen) atoms. The van der Waals surface area contributed by atoms with Gasteiger partial charge in [0.2, 0.25) is 0 Å². The number of methoxy groups -OCH3 is 1. The van der Waals surface area contributed by atoms with Gasteiger partial charge in [-0.25, -0.2) is 4.99 Å². The van der Waals surface area contributed by atoms with E-state index in [1.54, 1.807) is 11.7 Å². The van der Waals surface area contributed by atoms with Gasteiger partial charge in [0.1, 0.15) is 5.75 Å². The number of nitrogens with one attached hydrogen (secondary N) is 1. The molecule has 1 atom stereocenters. The molecular formula is C28H22BrN3O3S. The zero-order valence-corrected chi connectivity index (χ0v) is 22.0. The fourth-order valence-electron chi connectivity index (χ4n) is 4.14. The molecule has 0 bridgehead atoms. The molecule has 6 nitrogen and oxygen atoms in total. The Hall–Kier alpha value is -3.75. The number of anilines is 1. The van der Waals surface area contributed by atoms with Crippen LogP contribution in [0.25, 0.3) is 6.08 Å². The highest BCUT2D eigenvalue weighted by molar-refractivity contribution is 9.10. The molecule has 0 saturated heterocycles. The maximum Gasteiger partial charge on any atom is 0.271 e. The Kier molecular flexibility index (Phi) is 6.71. The van der Waals surface area contributed by atoms with Gasteiger partial charge in [0.15, 0.2) is 4.80 Å². The third kappa shape index (κ3) is 4.69. The third-order valence-corrected chi connectivity index (χ3v) is 7.41. The van der Waals surface area contributed by atoms with E-state index in [1.165, 1.54) is 11.3 Å². The molecule has 8 heteroatoms. The van der Waals surface area contributed by atoms with Gasteiger partial charge in [0, 0.05) is 10.2 Å². The van der Waals surface area contributed by atoms with Gasteiger partial charge in [-0.1, -0.05) is 69.7 Å². The Morgan fingerprint density at radius 1 is 1.06 bits per heavy atom. The number of amides is 1. The molecule has 0 aliphatic carbocycles. The first kappa shape index (κ1) is 24.0. The molecule has 4 aromatic rings. The van der Waals surface area contributed by atoms with Crippen LogP contribution in [0.2, 0.25) is 0 Å². The topological polar surface area (TPSA) is 72.7 Å². The van der Waals surface area contributed by atoms with Crippen LogP contribution in [0.1, 0.15) is 24.1 Å². The molecule has 1 aliphatic rings. The number of aromatic nitrogens is 1. The van der Waals surface area contributed by atoms with Gasteiger partial charge in [0.05, 0.1) is 29.0 Å². The summed E-state index contributed by atoms with van der Waals surface area (Å²) < 4.78 is 8.30. The van der Waals surface area contributed by atoms with Crippen LogP contribution in [0.5, 0.6) is 5.75 Å². The van der Waals surface area contributed by atoms with Crippen LogP contribution in [-0.4, -0.2) is 17.6 Å². The third-order valence-electron chi connectivity index (χ3n) is 5.90. The molecule has 1 aliphatic heterocycles. The Labute approximate surface area is 220 Å². The predicted octanol–water partition coefficient (Wildman–Crippen LogP) is 4.65. The van der Waals surface area contributed by atoms with E-state index < -0.39 is 6.04 Å². The summed E-state index contributed by atoms with van der Waals surface area (Å²) >= 11 is 4.79. The van der Waals surface area contributed by atoms with Gasteiger partial charge in [-0.3, -0.25) is 14.2 Å². The number of carbonyl (C=O) groups excluding carboxylic acids is 1. The van der Waals surface area contributed by atoms with Crippen molar-refractivity contribution in [2.24, 2.45) is 4.99 Å². The Morgan fingerprint density at radius 2 is 1.75 bits per heavy atom. The fraction of sp³-hybridized carbons (Fsp3) is 0.107. The number of halogens is 1. The lowest BCUT2D eigenvalue weighted by Crippen LogP contribution is -2.40. The van der Waals surface area contributed by atoms with Gasteiger partial charge in [-0.2, -0.15) is 0 Å². The fourth-order valence-corrected chi connectivity index (χ4v) is 5.45. The molecule has 180 valence electrons. The Balaban J connectivity index is 1.65. The maximum absolute atomic E-state index is 13.7. The minimum atomic E-state index is -0.615. The van der Waals surface area contributed by atoms with Crippen LogP contribution < -0.4 is 24.9 Å². The van der Waals surface area contributed by atoms with Crippen LogP contribution in [0.3, 0.4) is 0 Å². The largest absolute Gasteiger partial charge is 0.497 e. The zero-order chi connectivity index (χ0) is 25.2. The zero-order valence-electron chi connectivity index (χ0n) is 19.6. The van der Waals surface area contributed by atoms with Crippen LogP contribution in [-0.2, 0) is 4.79 Å². The first-order chi connectivity index (χ1) is 17.4. The summed E-state index contributed by atoms with van der Waals surface area (Å²) in [5, 5.41) is 2.96.